The summed E-state index contributed by atoms with van der Waals surface area (Å²) in [5.74, 6) is 0.532. The molecule has 0 saturated heterocycles. The van der Waals surface area contributed by atoms with Gasteiger partial charge in [-0.1, -0.05) is 71.4 Å². The van der Waals surface area contributed by atoms with Gasteiger partial charge in [0.2, 0.25) is 0 Å². The number of allylic oxidation sites excluding steroid dienone is 1. The second-order valence-electron chi connectivity index (χ2n) is 6.69. The normalized spacial score (nSPS) is 20.7. The summed E-state index contributed by atoms with van der Waals surface area (Å²) in [7, 11) is 0. The van der Waals surface area contributed by atoms with Crippen LogP contribution in [0.4, 0.5) is 0 Å². The van der Waals surface area contributed by atoms with E-state index in [9.17, 15) is 0 Å². The van der Waals surface area contributed by atoms with Gasteiger partial charge in [0.25, 0.3) is 0 Å². The summed E-state index contributed by atoms with van der Waals surface area (Å²) in [6.45, 7) is 12.2. The van der Waals surface area contributed by atoms with Crippen LogP contribution in [0.2, 0.25) is 0 Å². The summed E-state index contributed by atoms with van der Waals surface area (Å²) >= 11 is 0. The molecule has 1 aliphatic carbocycles. The third-order valence-electron chi connectivity index (χ3n) is 4.39. The van der Waals surface area contributed by atoms with Crippen molar-refractivity contribution >= 4 is 5.57 Å². The maximum Gasteiger partial charge on any atom is 0.0853 e. The van der Waals surface area contributed by atoms with Gasteiger partial charge in [-0.2, -0.15) is 0 Å². The number of fused-ring (bicyclic) bond motifs is 1. The maximum atomic E-state index is 6.20. The molecule has 0 heterocycles. The van der Waals surface area contributed by atoms with Crippen molar-refractivity contribution < 1.29 is 4.74 Å². The van der Waals surface area contributed by atoms with Crippen molar-refractivity contribution in [3.05, 3.63) is 41.5 Å². The highest BCUT2D eigenvalue weighted by Crippen LogP contribution is 2.42. The molecule has 1 nitrogen and oxygen atoms in total. The Balaban J connectivity index is 2.38. The van der Waals surface area contributed by atoms with Gasteiger partial charge in [-0.25, -0.2) is 0 Å². The molecule has 0 fully saturated rings. The van der Waals surface area contributed by atoms with Crippen LogP contribution in [0.5, 0.6) is 0 Å². The summed E-state index contributed by atoms with van der Waals surface area (Å²) in [5, 5.41) is 0. The number of rotatable bonds is 5. The van der Waals surface area contributed by atoms with Gasteiger partial charge in [-0.3, -0.25) is 0 Å². The molecule has 0 aromatic heterocycles. The summed E-state index contributed by atoms with van der Waals surface area (Å²) in [6, 6.07) is 8.81. The highest BCUT2D eigenvalue weighted by molar-refractivity contribution is 5.73. The first-order valence-corrected chi connectivity index (χ1v) is 7.91. The molecule has 0 N–H and O–H groups in total. The van der Waals surface area contributed by atoms with Crippen LogP contribution in [0.1, 0.15) is 58.6 Å². The Kier molecular flexibility index (Phi) is 4.70. The minimum absolute atomic E-state index is 0.0444. The Hall–Kier alpha value is -1.08. The Morgan fingerprint density at radius 1 is 1.20 bits per heavy atom. The molecule has 0 aliphatic heterocycles. The molecule has 1 heteroatoms. The van der Waals surface area contributed by atoms with E-state index in [4.69, 9.17) is 4.74 Å². The van der Waals surface area contributed by atoms with Crippen molar-refractivity contribution in [3.63, 3.8) is 0 Å². The first-order chi connectivity index (χ1) is 9.48. The molecular formula is C19H28O. The highest BCUT2D eigenvalue weighted by Gasteiger charge is 2.37. The van der Waals surface area contributed by atoms with Crippen LogP contribution in [0.25, 0.3) is 5.57 Å². The van der Waals surface area contributed by atoms with Crippen LogP contribution in [0, 0.1) is 5.92 Å². The molecule has 0 spiro atoms. The number of hydrogen-bond donors (Lipinski definition) is 0. The Morgan fingerprint density at radius 2 is 1.90 bits per heavy atom. The quantitative estimate of drug-likeness (QED) is 0.669. The van der Waals surface area contributed by atoms with E-state index in [1.165, 1.54) is 23.1 Å². The zero-order valence-electron chi connectivity index (χ0n) is 13.6. The molecule has 1 aromatic carbocycles. The standard InChI is InChI=1S/C19H28O/c1-6-7-12-20-18-13-16(14(2)3)15-10-8-9-11-17(15)19(18,4)5/h8-11,13-14,18H,6-7,12H2,1-5H3. The lowest BCUT2D eigenvalue weighted by atomic mass is 9.69. The zero-order valence-corrected chi connectivity index (χ0v) is 13.6. The van der Waals surface area contributed by atoms with Gasteiger partial charge in [0.15, 0.2) is 0 Å². The molecule has 0 saturated carbocycles. The lowest BCUT2D eigenvalue weighted by molar-refractivity contribution is 0.0364. The lowest BCUT2D eigenvalue weighted by Gasteiger charge is -2.40. The van der Waals surface area contributed by atoms with E-state index < -0.39 is 0 Å². The second-order valence-corrected chi connectivity index (χ2v) is 6.69. The van der Waals surface area contributed by atoms with E-state index in [1.807, 2.05) is 0 Å². The first kappa shape index (κ1) is 15.3. The summed E-state index contributed by atoms with van der Waals surface area (Å²) in [5.41, 5.74) is 4.31. The summed E-state index contributed by atoms with van der Waals surface area (Å²) in [6.07, 6.45) is 4.87. The van der Waals surface area contributed by atoms with E-state index >= 15 is 0 Å². The fraction of sp³-hybridized carbons (Fsp3) is 0.579. The Labute approximate surface area is 124 Å². The second kappa shape index (κ2) is 6.13. The molecule has 20 heavy (non-hydrogen) atoms. The lowest BCUT2D eigenvalue weighted by Crippen LogP contribution is -2.38. The molecule has 0 amide bonds. The molecule has 1 aromatic rings. The van der Waals surface area contributed by atoms with E-state index in [2.05, 4.69) is 65.0 Å². The van der Waals surface area contributed by atoms with Gasteiger partial charge in [-0.15, -0.1) is 0 Å². The highest BCUT2D eigenvalue weighted by atomic mass is 16.5. The SMILES string of the molecule is CCCCOC1C=C(C(C)C)c2ccccc2C1(C)C. The fourth-order valence-electron chi connectivity index (χ4n) is 3.03. The summed E-state index contributed by atoms with van der Waals surface area (Å²) < 4.78 is 6.20. The van der Waals surface area contributed by atoms with Crippen LogP contribution < -0.4 is 0 Å². The molecule has 110 valence electrons. The van der Waals surface area contributed by atoms with Crippen molar-refractivity contribution in [1.82, 2.24) is 0 Å². The molecule has 0 bridgehead atoms. The van der Waals surface area contributed by atoms with Gasteiger partial charge in [-0.05, 0) is 29.0 Å². The smallest absolute Gasteiger partial charge is 0.0853 e. The third-order valence-corrected chi connectivity index (χ3v) is 4.39. The minimum Gasteiger partial charge on any atom is -0.373 e. The van der Waals surface area contributed by atoms with E-state index in [0.29, 0.717) is 5.92 Å². The fourth-order valence-corrected chi connectivity index (χ4v) is 3.03. The molecule has 1 atom stereocenters. The monoisotopic (exact) mass is 272 g/mol. The number of benzene rings is 1. The van der Waals surface area contributed by atoms with Crippen LogP contribution in [0.15, 0.2) is 30.3 Å². The molecular weight excluding hydrogens is 244 g/mol. The predicted octanol–water partition coefficient (Wildman–Crippen LogP) is 5.20. The van der Waals surface area contributed by atoms with Gasteiger partial charge in [0.1, 0.15) is 0 Å². The molecule has 1 unspecified atom stereocenters. The van der Waals surface area contributed by atoms with Gasteiger partial charge in [0.05, 0.1) is 6.10 Å². The average molecular weight is 272 g/mol. The molecule has 2 rings (SSSR count). The van der Waals surface area contributed by atoms with Crippen LogP contribution in [-0.2, 0) is 10.2 Å². The van der Waals surface area contributed by atoms with E-state index in [1.54, 1.807) is 0 Å². The van der Waals surface area contributed by atoms with Crippen LogP contribution >= 0.6 is 0 Å². The van der Waals surface area contributed by atoms with Gasteiger partial charge in [0, 0.05) is 12.0 Å². The number of hydrogen-bond acceptors (Lipinski definition) is 1. The van der Waals surface area contributed by atoms with Crippen molar-refractivity contribution in [2.45, 2.75) is 59.0 Å². The average Bonchev–Trinajstić information content (AvgIpc) is 2.41. The topological polar surface area (TPSA) is 9.23 Å². The van der Waals surface area contributed by atoms with E-state index in [-0.39, 0.29) is 11.5 Å². The van der Waals surface area contributed by atoms with Crippen molar-refractivity contribution in [2.75, 3.05) is 6.61 Å². The van der Waals surface area contributed by atoms with Gasteiger partial charge >= 0.3 is 0 Å². The van der Waals surface area contributed by atoms with Crippen LogP contribution in [0.3, 0.4) is 0 Å². The van der Waals surface area contributed by atoms with Crippen LogP contribution in [-0.4, -0.2) is 12.7 Å². The zero-order chi connectivity index (χ0) is 14.8. The van der Waals surface area contributed by atoms with E-state index in [0.717, 1.165) is 13.0 Å². The Morgan fingerprint density at radius 3 is 2.55 bits per heavy atom. The third kappa shape index (κ3) is 2.83. The van der Waals surface area contributed by atoms with Gasteiger partial charge < -0.3 is 4.74 Å². The summed E-state index contributed by atoms with van der Waals surface area (Å²) in [4.78, 5) is 0. The molecule has 1 aliphatic rings. The minimum atomic E-state index is 0.0444. The Bertz CT molecular complexity index is 482. The maximum absolute atomic E-state index is 6.20. The van der Waals surface area contributed by atoms with Crippen molar-refractivity contribution in [1.29, 1.82) is 0 Å². The van der Waals surface area contributed by atoms with Crippen molar-refractivity contribution in [3.8, 4) is 0 Å². The first-order valence-electron chi connectivity index (χ1n) is 7.91. The number of ether oxygens (including phenoxy) is 1. The number of unbranched alkanes of at least 4 members (excludes halogenated alkanes) is 1. The molecule has 0 radical (unpaired) electrons. The predicted molar refractivity (Wildman–Crippen MR) is 86.9 cm³/mol. The largest absolute Gasteiger partial charge is 0.373 e. The van der Waals surface area contributed by atoms with Crippen molar-refractivity contribution in [2.24, 2.45) is 5.92 Å².